The summed E-state index contributed by atoms with van der Waals surface area (Å²) in [4.78, 5) is 10.5. The van der Waals surface area contributed by atoms with E-state index in [0.717, 1.165) is 18.2 Å². The topological polar surface area (TPSA) is 37.3 Å². The van der Waals surface area contributed by atoms with Crippen molar-refractivity contribution in [1.82, 2.24) is 0 Å². The molecule has 0 saturated heterocycles. The average molecular weight is 243 g/mol. The highest BCUT2D eigenvalue weighted by Crippen LogP contribution is 2.07. The zero-order valence-corrected chi connectivity index (χ0v) is 8.75. The summed E-state index contributed by atoms with van der Waals surface area (Å²) in [6.45, 7) is 0. The Kier molecular flexibility index (Phi) is 3.96. The predicted octanol–water partition coefficient (Wildman–Crippen LogP) is 2.71. The summed E-state index contributed by atoms with van der Waals surface area (Å²) in [6.07, 6.45) is 2.07. The Morgan fingerprint density at radius 3 is 2.38 bits per heavy atom. The van der Waals surface area contributed by atoms with Crippen LogP contribution in [0, 0.1) is 0 Å². The lowest BCUT2D eigenvalue weighted by atomic mass is 10.1. The van der Waals surface area contributed by atoms with E-state index < -0.39 is 5.97 Å². The molecule has 0 spiro atoms. The monoisotopic (exact) mass is 242 g/mol. The van der Waals surface area contributed by atoms with Crippen molar-refractivity contribution >= 4 is 21.9 Å². The van der Waals surface area contributed by atoms with Crippen LogP contribution in [0.25, 0.3) is 0 Å². The number of aromatic carboxylic acids is 1. The molecule has 1 rings (SSSR count). The Morgan fingerprint density at radius 2 is 1.92 bits per heavy atom. The van der Waals surface area contributed by atoms with Gasteiger partial charge in [-0.05, 0) is 30.5 Å². The lowest BCUT2D eigenvalue weighted by Crippen LogP contribution is -1.96. The molecule has 0 aliphatic rings. The maximum atomic E-state index is 10.5. The van der Waals surface area contributed by atoms with Crippen LogP contribution in [0.5, 0.6) is 0 Å². The molecular formula is C10H11BrO2. The first-order valence-corrected chi connectivity index (χ1v) is 5.24. The van der Waals surface area contributed by atoms with Crippen LogP contribution in [-0.4, -0.2) is 16.4 Å². The Hall–Kier alpha value is -0.830. The first-order valence-electron chi connectivity index (χ1n) is 4.12. The number of benzene rings is 1. The molecule has 0 aliphatic carbocycles. The fourth-order valence-electron chi connectivity index (χ4n) is 1.08. The first-order chi connectivity index (χ1) is 6.24. The zero-order valence-electron chi connectivity index (χ0n) is 7.16. The minimum absolute atomic E-state index is 0.350. The third-order valence-electron chi connectivity index (χ3n) is 1.80. The van der Waals surface area contributed by atoms with E-state index in [9.17, 15) is 4.79 Å². The van der Waals surface area contributed by atoms with Gasteiger partial charge >= 0.3 is 5.97 Å². The Bertz CT molecular complexity index is 279. The third-order valence-corrected chi connectivity index (χ3v) is 2.36. The van der Waals surface area contributed by atoms with Gasteiger partial charge in [0.25, 0.3) is 0 Å². The van der Waals surface area contributed by atoms with Gasteiger partial charge in [0.1, 0.15) is 0 Å². The molecule has 3 heteroatoms. The number of carbonyl (C=O) groups is 1. The summed E-state index contributed by atoms with van der Waals surface area (Å²) in [6, 6.07) is 7.02. The van der Waals surface area contributed by atoms with Crippen LogP contribution < -0.4 is 0 Å². The Morgan fingerprint density at radius 1 is 1.31 bits per heavy atom. The van der Waals surface area contributed by atoms with Gasteiger partial charge in [0.05, 0.1) is 5.56 Å². The van der Waals surface area contributed by atoms with Crippen LogP contribution in [0.1, 0.15) is 22.3 Å². The van der Waals surface area contributed by atoms with Crippen LogP contribution in [0.15, 0.2) is 24.3 Å². The van der Waals surface area contributed by atoms with Gasteiger partial charge in [0, 0.05) is 5.33 Å². The van der Waals surface area contributed by atoms with E-state index in [2.05, 4.69) is 15.9 Å². The van der Waals surface area contributed by atoms with E-state index >= 15 is 0 Å². The molecular weight excluding hydrogens is 232 g/mol. The molecule has 0 radical (unpaired) electrons. The van der Waals surface area contributed by atoms with Crippen molar-refractivity contribution in [3.05, 3.63) is 35.4 Å². The molecule has 0 amide bonds. The predicted molar refractivity (Wildman–Crippen MR) is 55.5 cm³/mol. The van der Waals surface area contributed by atoms with E-state index in [1.165, 1.54) is 5.56 Å². The van der Waals surface area contributed by atoms with Gasteiger partial charge < -0.3 is 5.11 Å². The molecule has 0 aliphatic heterocycles. The number of carboxylic acids is 1. The van der Waals surface area contributed by atoms with Gasteiger partial charge in [-0.1, -0.05) is 28.1 Å². The molecule has 1 aromatic carbocycles. The molecule has 1 N–H and O–H groups in total. The van der Waals surface area contributed by atoms with Crippen molar-refractivity contribution in [3.8, 4) is 0 Å². The maximum Gasteiger partial charge on any atom is 0.335 e. The van der Waals surface area contributed by atoms with Crippen molar-refractivity contribution < 1.29 is 9.90 Å². The molecule has 0 fully saturated rings. The smallest absolute Gasteiger partial charge is 0.335 e. The van der Waals surface area contributed by atoms with E-state index in [1.54, 1.807) is 12.1 Å². The second-order valence-electron chi connectivity index (χ2n) is 2.79. The van der Waals surface area contributed by atoms with Crippen LogP contribution in [0.2, 0.25) is 0 Å². The highest BCUT2D eigenvalue weighted by atomic mass is 79.9. The number of hydrogen-bond donors (Lipinski definition) is 1. The van der Waals surface area contributed by atoms with Crippen LogP contribution in [-0.2, 0) is 6.42 Å². The van der Waals surface area contributed by atoms with Crippen LogP contribution >= 0.6 is 15.9 Å². The summed E-state index contributed by atoms with van der Waals surface area (Å²) >= 11 is 3.35. The summed E-state index contributed by atoms with van der Waals surface area (Å²) in [5.41, 5.74) is 1.53. The van der Waals surface area contributed by atoms with Crippen LogP contribution in [0.4, 0.5) is 0 Å². The molecule has 1 aromatic rings. The third kappa shape index (κ3) is 3.19. The molecule has 0 bridgehead atoms. The molecule has 0 unspecified atom stereocenters. The normalized spacial score (nSPS) is 9.92. The largest absolute Gasteiger partial charge is 0.478 e. The number of halogens is 1. The van der Waals surface area contributed by atoms with Crippen LogP contribution in [0.3, 0.4) is 0 Å². The van der Waals surface area contributed by atoms with Gasteiger partial charge in [-0.3, -0.25) is 0 Å². The highest BCUT2D eigenvalue weighted by Gasteiger charge is 2.00. The van der Waals surface area contributed by atoms with Gasteiger partial charge in [-0.2, -0.15) is 0 Å². The fraction of sp³-hybridized carbons (Fsp3) is 0.300. The number of carboxylic acid groups (broad SMARTS) is 1. The lowest BCUT2D eigenvalue weighted by Gasteiger charge is -1.99. The summed E-state index contributed by atoms with van der Waals surface area (Å²) < 4.78 is 0. The van der Waals surface area contributed by atoms with E-state index in [-0.39, 0.29) is 0 Å². The van der Waals surface area contributed by atoms with Crippen molar-refractivity contribution in [2.24, 2.45) is 0 Å². The van der Waals surface area contributed by atoms with Crippen molar-refractivity contribution in [1.29, 1.82) is 0 Å². The van der Waals surface area contributed by atoms with Gasteiger partial charge in [0.2, 0.25) is 0 Å². The summed E-state index contributed by atoms with van der Waals surface area (Å²) in [7, 11) is 0. The minimum Gasteiger partial charge on any atom is -0.478 e. The standard InChI is InChI=1S/C10H11BrO2/c11-7-1-2-8-3-5-9(6-4-8)10(12)13/h3-6H,1-2,7H2,(H,12,13). The number of rotatable bonds is 4. The van der Waals surface area contributed by atoms with Crippen molar-refractivity contribution in [2.45, 2.75) is 12.8 Å². The fourth-order valence-corrected chi connectivity index (χ4v) is 1.37. The molecule has 0 heterocycles. The van der Waals surface area contributed by atoms with Gasteiger partial charge in [-0.25, -0.2) is 4.79 Å². The average Bonchev–Trinajstić information content (AvgIpc) is 2.15. The molecule has 70 valence electrons. The van der Waals surface area contributed by atoms with Gasteiger partial charge in [0.15, 0.2) is 0 Å². The highest BCUT2D eigenvalue weighted by molar-refractivity contribution is 9.09. The number of hydrogen-bond acceptors (Lipinski definition) is 1. The molecule has 0 saturated carbocycles. The van der Waals surface area contributed by atoms with E-state index in [0.29, 0.717) is 5.56 Å². The summed E-state index contributed by atoms with van der Waals surface area (Å²) in [5.74, 6) is -0.868. The second kappa shape index (κ2) is 5.02. The molecule has 0 aromatic heterocycles. The van der Waals surface area contributed by atoms with Gasteiger partial charge in [-0.15, -0.1) is 0 Å². The first kappa shape index (κ1) is 10.3. The summed E-state index contributed by atoms with van der Waals surface area (Å²) in [5, 5.41) is 9.62. The molecule has 13 heavy (non-hydrogen) atoms. The minimum atomic E-state index is -0.868. The quantitative estimate of drug-likeness (QED) is 0.825. The number of aryl methyl sites for hydroxylation is 1. The zero-order chi connectivity index (χ0) is 9.68. The SMILES string of the molecule is O=C(O)c1ccc(CCCBr)cc1. The number of alkyl halides is 1. The Labute approximate surface area is 85.7 Å². The second-order valence-corrected chi connectivity index (χ2v) is 3.59. The van der Waals surface area contributed by atoms with Crippen molar-refractivity contribution in [3.63, 3.8) is 0 Å². The lowest BCUT2D eigenvalue weighted by molar-refractivity contribution is 0.0697. The van der Waals surface area contributed by atoms with E-state index in [1.807, 2.05) is 12.1 Å². The molecule has 0 atom stereocenters. The maximum absolute atomic E-state index is 10.5. The Balaban J connectivity index is 2.64. The van der Waals surface area contributed by atoms with E-state index in [4.69, 9.17) is 5.11 Å². The molecule has 2 nitrogen and oxygen atoms in total. The van der Waals surface area contributed by atoms with Crippen molar-refractivity contribution in [2.75, 3.05) is 5.33 Å².